The molecule has 4 heteroatoms. The maximum Gasteiger partial charge on any atom is 0.250 e. The van der Waals surface area contributed by atoms with E-state index in [-0.39, 0.29) is 5.91 Å². The summed E-state index contributed by atoms with van der Waals surface area (Å²) in [4.78, 5) is 13.9. The van der Waals surface area contributed by atoms with Crippen LogP contribution in [0.3, 0.4) is 0 Å². The number of nitrogen functional groups attached to an aromatic ring is 1. The molecule has 2 aromatic carbocycles. The van der Waals surface area contributed by atoms with Gasteiger partial charge in [0.25, 0.3) is 5.91 Å². The van der Waals surface area contributed by atoms with Crippen molar-refractivity contribution in [3.8, 4) is 0 Å². The van der Waals surface area contributed by atoms with Crippen LogP contribution in [0, 0.1) is 0 Å². The van der Waals surface area contributed by atoms with Crippen LogP contribution in [0.15, 0.2) is 48.5 Å². The van der Waals surface area contributed by atoms with Gasteiger partial charge in [0.2, 0.25) is 0 Å². The fraction of sp³-hybridized carbons (Fsp3) is 0.235. The smallest absolute Gasteiger partial charge is 0.250 e. The van der Waals surface area contributed by atoms with Crippen molar-refractivity contribution in [1.29, 1.82) is 0 Å². The van der Waals surface area contributed by atoms with Gasteiger partial charge in [-0.3, -0.25) is 4.79 Å². The third-order valence-electron chi connectivity index (χ3n) is 3.77. The molecule has 1 aliphatic rings. The standard InChI is InChI=1S/C17H19N3O/c18-13-5-3-4-12(10-13)11-20(14-8-9-14)16-7-2-1-6-15(16)17(19)21/h1-7,10,14H,8-9,11,18H2,(H2,19,21). The Balaban J connectivity index is 1.94. The van der Waals surface area contributed by atoms with E-state index in [1.54, 1.807) is 6.07 Å². The van der Waals surface area contributed by atoms with E-state index < -0.39 is 0 Å². The van der Waals surface area contributed by atoms with Crippen LogP contribution in [0.2, 0.25) is 0 Å². The molecular formula is C17H19N3O. The molecule has 1 saturated carbocycles. The van der Waals surface area contributed by atoms with Crippen molar-refractivity contribution >= 4 is 17.3 Å². The molecule has 1 aliphatic carbocycles. The average molecular weight is 281 g/mol. The number of nitrogens with two attached hydrogens (primary N) is 2. The number of nitrogens with zero attached hydrogens (tertiary/aromatic N) is 1. The monoisotopic (exact) mass is 281 g/mol. The second-order valence-corrected chi connectivity index (χ2v) is 5.49. The number of benzene rings is 2. The fourth-order valence-corrected chi connectivity index (χ4v) is 2.62. The van der Waals surface area contributed by atoms with Crippen LogP contribution >= 0.6 is 0 Å². The Morgan fingerprint density at radius 1 is 1.14 bits per heavy atom. The van der Waals surface area contributed by atoms with Crippen LogP contribution in [0.25, 0.3) is 0 Å². The van der Waals surface area contributed by atoms with E-state index in [4.69, 9.17) is 11.5 Å². The molecule has 0 bridgehead atoms. The molecule has 4 N–H and O–H groups in total. The van der Waals surface area contributed by atoms with Crippen LogP contribution in [-0.4, -0.2) is 11.9 Å². The van der Waals surface area contributed by atoms with Crippen LogP contribution in [-0.2, 0) is 6.54 Å². The van der Waals surface area contributed by atoms with Crippen molar-refractivity contribution in [2.75, 3.05) is 10.6 Å². The molecular weight excluding hydrogens is 262 g/mol. The molecule has 4 nitrogen and oxygen atoms in total. The average Bonchev–Trinajstić information content (AvgIpc) is 3.29. The molecule has 0 saturated heterocycles. The normalized spacial score (nSPS) is 13.9. The van der Waals surface area contributed by atoms with Gasteiger partial charge < -0.3 is 16.4 Å². The Kier molecular flexibility index (Phi) is 3.52. The molecule has 0 atom stereocenters. The summed E-state index contributed by atoms with van der Waals surface area (Å²) in [5, 5.41) is 0. The number of amides is 1. The lowest BCUT2D eigenvalue weighted by atomic mass is 10.1. The largest absolute Gasteiger partial charge is 0.399 e. The van der Waals surface area contributed by atoms with E-state index in [2.05, 4.69) is 11.0 Å². The van der Waals surface area contributed by atoms with Gasteiger partial charge >= 0.3 is 0 Å². The molecule has 0 radical (unpaired) electrons. The first-order chi connectivity index (χ1) is 10.1. The van der Waals surface area contributed by atoms with Crippen molar-refractivity contribution in [1.82, 2.24) is 0 Å². The predicted octanol–water partition coefficient (Wildman–Crippen LogP) is 2.54. The van der Waals surface area contributed by atoms with Gasteiger partial charge in [0.15, 0.2) is 0 Å². The van der Waals surface area contributed by atoms with Gasteiger partial charge in [-0.05, 0) is 42.7 Å². The number of rotatable bonds is 5. The minimum atomic E-state index is -0.385. The zero-order valence-corrected chi connectivity index (χ0v) is 11.8. The summed E-state index contributed by atoms with van der Waals surface area (Å²) in [5.41, 5.74) is 14.7. The van der Waals surface area contributed by atoms with Gasteiger partial charge in [-0.2, -0.15) is 0 Å². The number of carbonyl (C=O) groups excluding carboxylic acids is 1. The first-order valence-corrected chi connectivity index (χ1v) is 7.15. The molecule has 2 aromatic rings. The number of carbonyl (C=O) groups is 1. The minimum absolute atomic E-state index is 0.385. The summed E-state index contributed by atoms with van der Waals surface area (Å²) in [6, 6.07) is 15.9. The molecule has 0 spiro atoms. The maximum atomic E-state index is 11.7. The van der Waals surface area contributed by atoms with E-state index in [1.165, 1.54) is 0 Å². The second kappa shape index (κ2) is 5.48. The Morgan fingerprint density at radius 2 is 1.90 bits per heavy atom. The number of primary amides is 1. The second-order valence-electron chi connectivity index (χ2n) is 5.49. The van der Waals surface area contributed by atoms with Gasteiger partial charge in [0.05, 0.1) is 11.3 Å². The topological polar surface area (TPSA) is 72.4 Å². The van der Waals surface area contributed by atoms with Crippen molar-refractivity contribution < 1.29 is 4.79 Å². The van der Waals surface area contributed by atoms with Gasteiger partial charge in [0.1, 0.15) is 0 Å². The van der Waals surface area contributed by atoms with Crippen molar-refractivity contribution in [2.45, 2.75) is 25.4 Å². The van der Waals surface area contributed by atoms with Crippen LogP contribution < -0.4 is 16.4 Å². The number of anilines is 2. The highest BCUT2D eigenvalue weighted by Crippen LogP contribution is 2.35. The van der Waals surface area contributed by atoms with Crippen LogP contribution in [0.5, 0.6) is 0 Å². The highest BCUT2D eigenvalue weighted by molar-refractivity contribution is 5.98. The summed E-state index contributed by atoms with van der Waals surface area (Å²) in [6.07, 6.45) is 2.30. The Morgan fingerprint density at radius 3 is 2.57 bits per heavy atom. The van der Waals surface area contributed by atoms with E-state index >= 15 is 0 Å². The zero-order valence-electron chi connectivity index (χ0n) is 11.8. The zero-order chi connectivity index (χ0) is 14.8. The Labute approximate surface area is 124 Å². The van der Waals surface area contributed by atoms with Gasteiger partial charge in [-0.25, -0.2) is 0 Å². The summed E-state index contributed by atoms with van der Waals surface area (Å²) in [7, 11) is 0. The molecule has 0 aliphatic heterocycles. The predicted molar refractivity (Wildman–Crippen MR) is 85.0 cm³/mol. The molecule has 21 heavy (non-hydrogen) atoms. The first kappa shape index (κ1) is 13.5. The van der Waals surface area contributed by atoms with Gasteiger partial charge in [-0.15, -0.1) is 0 Å². The van der Waals surface area contributed by atoms with Gasteiger partial charge in [0, 0.05) is 18.3 Å². The molecule has 108 valence electrons. The third-order valence-corrected chi connectivity index (χ3v) is 3.77. The van der Waals surface area contributed by atoms with Crippen LogP contribution in [0.4, 0.5) is 11.4 Å². The van der Waals surface area contributed by atoms with Gasteiger partial charge in [-0.1, -0.05) is 24.3 Å². The van der Waals surface area contributed by atoms with Crippen molar-refractivity contribution in [2.24, 2.45) is 5.73 Å². The fourth-order valence-electron chi connectivity index (χ4n) is 2.62. The van der Waals surface area contributed by atoms with E-state index in [0.717, 1.165) is 36.3 Å². The number of para-hydroxylation sites is 1. The minimum Gasteiger partial charge on any atom is -0.399 e. The van der Waals surface area contributed by atoms with E-state index in [9.17, 15) is 4.79 Å². The maximum absolute atomic E-state index is 11.7. The molecule has 0 aromatic heterocycles. The lowest BCUT2D eigenvalue weighted by Crippen LogP contribution is -2.28. The Bertz CT molecular complexity index is 665. The highest BCUT2D eigenvalue weighted by atomic mass is 16.1. The molecule has 1 fully saturated rings. The molecule has 0 unspecified atom stereocenters. The summed E-state index contributed by atoms with van der Waals surface area (Å²) in [6.45, 7) is 0.736. The lowest BCUT2D eigenvalue weighted by Gasteiger charge is -2.26. The van der Waals surface area contributed by atoms with Crippen molar-refractivity contribution in [3.63, 3.8) is 0 Å². The molecule has 0 heterocycles. The molecule has 1 amide bonds. The summed E-state index contributed by atoms with van der Waals surface area (Å²) < 4.78 is 0. The SMILES string of the molecule is NC(=O)c1ccccc1N(Cc1cccc(N)c1)C1CC1. The summed E-state index contributed by atoms with van der Waals surface area (Å²) in [5.74, 6) is -0.385. The van der Waals surface area contributed by atoms with Crippen LogP contribution in [0.1, 0.15) is 28.8 Å². The lowest BCUT2D eigenvalue weighted by molar-refractivity contribution is 0.100. The third kappa shape index (κ3) is 2.99. The molecule has 3 rings (SSSR count). The summed E-state index contributed by atoms with van der Waals surface area (Å²) >= 11 is 0. The number of hydrogen-bond donors (Lipinski definition) is 2. The number of hydrogen-bond acceptors (Lipinski definition) is 3. The quantitative estimate of drug-likeness (QED) is 0.827. The van der Waals surface area contributed by atoms with Crippen molar-refractivity contribution in [3.05, 3.63) is 59.7 Å². The van der Waals surface area contributed by atoms with E-state index in [0.29, 0.717) is 11.6 Å². The Hall–Kier alpha value is -2.49. The first-order valence-electron chi connectivity index (χ1n) is 7.15. The highest BCUT2D eigenvalue weighted by Gasteiger charge is 2.31. The van der Waals surface area contributed by atoms with E-state index in [1.807, 2.05) is 36.4 Å².